The minimum atomic E-state index is -0.0467. The molecule has 0 aliphatic carbocycles. The van der Waals surface area contributed by atoms with Gasteiger partial charge in [-0.15, -0.1) is 0 Å². The molecule has 4 nitrogen and oxygen atoms in total. The fourth-order valence-electron chi connectivity index (χ4n) is 1.28. The zero-order valence-electron chi connectivity index (χ0n) is 8.42. The summed E-state index contributed by atoms with van der Waals surface area (Å²) in [6.07, 6.45) is 0.608. The summed E-state index contributed by atoms with van der Waals surface area (Å²) in [5.74, 6) is 1.02. The molecule has 0 spiro atoms. The Labute approximate surface area is 92.1 Å². The Morgan fingerprint density at radius 1 is 1.31 bits per heavy atom. The van der Waals surface area contributed by atoms with E-state index in [0.717, 1.165) is 5.56 Å². The summed E-state index contributed by atoms with van der Waals surface area (Å²) >= 11 is 0. The summed E-state index contributed by atoms with van der Waals surface area (Å²) in [4.78, 5) is 10.4. The molecule has 82 valence electrons. The van der Waals surface area contributed by atoms with E-state index in [1.165, 1.54) is 6.07 Å². The van der Waals surface area contributed by atoms with E-state index < -0.39 is 0 Å². The summed E-state index contributed by atoms with van der Waals surface area (Å²) in [5, 5.41) is 8.94. The van der Waals surface area contributed by atoms with Gasteiger partial charge < -0.3 is 14.3 Å². The van der Waals surface area contributed by atoms with Crippen LogP contribution in [0, 0.1) is 0 Å². The average molecular weight is 218 g/mol. The molecule has 0 bridgehead atoms. The Bertz CT molecular complexity index is 487. The standard InChI is InChI=1S/C12H10O4/c13-7-9-2-1-3-10(6-9)15-12-5-4-11(8-14)16-12/h1-6,8,13H,7H2. The van der Waals surface area contributed by atoms with Gasteiger partial charge in [0, 0.05) is 6.07 Å². The molecule has 0 radical (unpaired) electrons. The molecule has 0 aliphatic heterocycles. The second-order valence-corrected chi connectivity index (χ2v) is 3.18. The number of furan rings is 1. The highest BCUT2D eigenvalue weighted by Gasteiger charge is 2.03. The van der Waals surface area contributed by atoms with Crippen molar-refractivity contribution >= 4 is 6.29 Å². The molecular formula is C12H10O4. The summed E-state index contributed by atoms with van der Waals surface area (Å²) in [6.45, 7) is -0.0467. The lowest BCUT2D eigenvalue weighted by Crippen LogP contribution is -1.85. The van der Waals surface area contributed by atoms with Gasteiger partial charge in [-0.1, -0.05) is 12.1 Å². The molecule has 1 N–H and O–H groups in total. The Morgan fingerprint density at radius 2 is 2.19 bits per heavy atom. The van der Waals surface area contributed by atoms with Crippen LogP contribution in [-0.2, 0) is 6.61 Å². The van der Waals surface area contributed by atoms with Crippen LogP contribution in [0.3, 0.4) is 0 Å². The first kappa shape index (κ1) is 10.4. The van der Waals surface area contributed by atoms with Crippen molar-refractivity contribution in [1.82, 2.24) is 0 Å². The quantitative estimate of drug-likeness (QED) is 0.800. The van der Waals surface area contributed by atoms with Gasteiger partial charge in [0.05, 0.1) is 6.61 Å². The molecule has 0 saturated heterocycles. The number of benzene rings is 1. The van der Waals surface area contributed by atoms with Gasteiger partial charge in [-0.25, -0.2) is 0 Å². The molecule has 0 saturated carbocycles. The van der Waals surface area contributed by atoms with Gasteiger partial charge in [0.15, 0.2) is 12.0 Å². The SMILES string of the molecule is O=Cc1ccc(Oc2cccc(CO)c2)o1. The van der Waals surface area contributed by atoms with Gasteiger partial charge >= 0.3 is 0 Å². The van der Waals surface area contributed by atoms with Crippen molar-refractivity contribution in [3.05, 3.63) is 47.7 Å². The number of hydrogen-bond acceptors (Lipinski definition) is 4. The van der Waals surface area contributed by atoms with Gasteiger partial charge in [0.25, 0.3) is 5.95 Å². The molecule has 1 aromatic heterocycles. The lowest BCUT2D eigenvalue weighted by Gasteiger charge is -2.03. The average Bonchev–Trinajstić information content (AvgIpc) is 2.77. The highest BCUT2D eigenvalue weighted by Crippen LogP contribution is 2.23. The van der Waals surface area contributed by atoms with Crippen LogP contribution in [0.5, 0.6) is 11.7 Å². The molecule has 0 aliphatic rings. The highest BCUT2D eigenvalue weighted by molar-refractivity contribution is 5.70. The number of rotatable bonds is 4. The predicted molar refractivity (Wildman–Crippen MR) is 56.5 cm³/mol. The number of aliphatic hydroxyl groups excluding tert-OH is 1. The van der Waals surface area contributed by atoms with Crippen molar-refractivity contribution in [3.8, 4) is 11.7 Å². The molecular weight excluding hydrogens is 208 g/mol. The monoisotopic (exact) mass is 218 g/mol. The molecule has 2 rings (SSSR count). The Hall–Kier alpha value is -2.07. The maximum Gasteiger partial charge on any atom is 0.290 e. The van der Waals surface area contributed by atoms with Crippen LogP contribution in [0.25, 0.3) is 0 Å². The fraction of sp³-hybridized carbons (Fsp3) is 0.0833. The van der Waals surface area contributed by atoms with Crippen molar-refractivity contribution < 1.29 is 19.1 Å². The lowest BCUT2D eigenvalue weighted by atomic mass is 10.2. The number of ether oxygens (including phenoxy) is 1. The summed E-state index contributed by atoms with van der Waals surface area (Å²) in [5.41, 5.74) is 0.750. The topological polar surface area (TPSA) is 59.7 Å². The van der Waals surface area contributed by atoms with E-state index >= 15 is 0 Å². The van der Waals surface area contributed by atoms with Crippen LogP contribution < -0.4 is 4.74 Å². The van der Waals surface area contributed by atoms with Gasteiger partial charge in [-0.05, 0) is 23.8 Å². The molecule has 4 heteroatoms. The minimum Gasteiger partial charge on any atom is -0.426 e. The van der Waals surface area contributed by atoms with Crippen LogP contribution in [0.4, 0.5) is 0 Å². The van der Waals surface area contributed by atoms with E-state index in [9.17, 15) is 4.79 Å². The minimum absolute atomic E-state index is 0.0467. The van der Waals surface area contributed by atoms with Gasteiger partial charge in [-0.2, -0.15) is 0 Å². The van der Waals surface area contributed by atoms with Crippen molar-refractivity contribution in [3.63, 3.8) is 0 Å². The molecule has 1 aromatic carbocycles. The van der Waals surface area contributed by atoms with E-state index in [1.54, 1.807) is 30.3 Å². The summed E-state index contributed by atoms with van der Waals surface area (Å²) < 4.78 is 10.4. The van der Waals surface area contributed by atoms with Gasteiger partial charge in [0.2, 0.25) is 0 Å². The zero-order valence-corrected chi connectivity index (χ0v) is 8.42. The van der Waals surface area contributed by atoms with Crippen molar-refractivity contribution in [1.29, 1.82) is 0 Å². The molecule has 0 unspecified atom stereocenters. The van der Waals surface area contributed by atoms with E-state index in [1.807, 2.05) is 0 Å². The molecule has 0 atom stereocenters. The molecule has 16 heavy (non-hydrogen) atoms. The highest BCUT2D eigenvalue weighted by atomic mass is 16.6. The number of aldehydes is 1. The molecule has 0 fully saturated rings. The van der Waals surface area contributed by atoms with Crippen LogP contribution in [0.1, 0.15) is 16.1 Å². The first-order valence-corrected chi connectivity index (χ1v) is 4.74. The van der Waals surface area contributed by atoms with Crippen LogP contribution in [0.15, 0.2) is 40.8 Å². The maximum absolute atomic E-state index is 10.4. The summed E-state index contributed by atoms with van der Waals surface area (Å²) in [7, 11) is 0. The van der Waals surface area contributed by atoms with Gasteiger partial charge in [-0.3, -0.25) is 4.79 Å². The van der Waals surface area contributed by atoms with Crippen molar-refractivity contribution in [2.24, 2.45) is 0 Å². The number of carbonyl (C=O) groups excluding carboxylic acids is 1. The third kappa shape index (κ3) is 2.29. The second-order valence-electron chi connectivity index (χ2n) is 3.18. The van der Waals surface area contributed by atoms with Gasteiger partial charge in [0.1, 0.15) is 5.75 Å². The lowest BCUT2D eigenvalue weighted by molar-refractivity contribution is 0.109. The van der Waals surface area contributed by atoms with Crippen LogP contribution in [-0.4, -0.2) is 11.4 Å². The summed E-state index contributed by atoms with van der Waals surface area (Å²) in [6, 6.07) is 10.1. The molecule has 2 aromatic rings. The van der Waals surface area contributed by atoms with Crippen molar-refractivity contribution in [2.45, 2.75) is 6.61 Å². The Kier molecular flexibility index (Phi) is 3.03. The largest absolute Gasteiger partial charge is 0.426 e. The smallest absolute Gasteiger partial charge is 0.290 e. The van der Waals surface area contributed by atoms with E-state index in [2.05, 4.69) is 0 Å². The first-order valence-electron chi connectivity index (χ1n) is 4.74. The van der Waals surface area contributed by atoms with E-state index in [4.69, 9.17) is 14.3 Å². The van der Waals surface area contributed by atoms with Crippen LogP contribution in [0.2, 0.25) is 0 Å². The Morgan fingerprint density at radius 3 is 2.88 bits per heavy atom. The molecule has 1 heterocycles. The number of hydrogen-bond donors (Lipinski definition) is 1. The van der Waals surface area contributed by atoms with Crippen molar-refractivity contribution in [2.75, 3.05) is 0 Å². The number of carbonyl (C=O) groups is 1. The van der Waals surface area contributed by atoms with E-state index in [0.29, 0.717) is 12.0 Å². The van der Waals surface area contributed by atoms with Crippen LogP contribution >= 0.6 is 0 Å². The second kappa shape index (κ2) is 4.63. The zero-order chi connectivity index (χ0) is 11.4. The normalized spacial score (nSPS) is 10.1. The number of aliphatic hydroxyl groups is 1. The first-order chi connectivity index (χ1) is 7.81. The third-order valence-electron chi connectivity index (χ3n) is 2.02. The molecule has 0 amide bonds. The maximum atomic E-state index is 10.4. The predicted octanol–water partition coefficient (Wildman–Crippen LogP) is 2.38. The third-order valence-corrected chi connectivity index (χ3v) is 2.02. The fourth-order valence-corrected chi connectivity index (χ4v) is 1.28. The Balaban J connectivity index is 2.16. The van der Waals surface area contributed by atoms with E-state index in [-0.39, 0.29) is 18.3 Å².